The van der Waals surface area contributed by atoms with Gasteiger partial charge in [-0.3, -0.25) is 9.69 Å². The minimum atomic E-state index is -0.169. The summed E-state index contributed by atoms with van der Waals surface area (Å²) in [6.45, 7) is 3.95. The van der Waals surface area contributed by atoms with Crippen LogP contribution in [0.25, 0.3) is 0 Å². The zero-order valence-electron chi connectivity index (χ0n) is 19.6. The first kappa shape index (κ1) is 22.1. The highest BCUT2D eigenvalue weighted by Crippen LogP contribution is 2.51. The Morgan fingerprint density at radius 1 is 1.06 bits per heavy atom. The van der Waals surface area contributed by atoms with Crippen LogP contribution in [0.1, 0.15) is 57.4 Å². The molecule has 0 aromatic heterocycles. The van der Waals surface area contributed by atoms with Crippen LogP contribution in [0.5, 0.6) is 0 Å². The van der Waals surface area contributed by atoms with E-state index in [0.29, 0.717) is 6.54 Å². The van der Waals surface area contributed by atoms with Crippen LogP contribution < -0.4 is 5.32 Å². The standard InChI is InChI=1S/C25H38N4O2/c1-23(11-8-12-23)18-29-22(31)28(17-21(30)26-2)19-24(29)13-15-25(16-14-24,27(3)4)20-9-6-5-7-10-20/h5-7,9-10H,8,11-19H2,1-4H3,(H,26,30)/t24-,25+. The van der Waals surface area contributed by atoms with Crippen molar-refractivity contribution in [3.8, 4) is 0 Å². The first-order valence-corrected chi connectivity index (χ1v) is 11.7. The van der Waals surface area contributed by atoms with Crippen molar-refractivity contribution in [1.82, 2.24) is 20.0 Å². The average molecular weight is 427 g/mol. The number of hydrogen-bond donors (Lipinski definition) is 1. The molecule has 6 heteroatoms. The second kappa shape index (κ2) is 8.12. The second-order valence-electron chi connectivity index (χ2n) is 10.6. The highest BCUT2D eigenvalue weighted by molar-refractivity contribution is 5.85. The van der Waals surface area contributed by atoms with Crippen molar-refractivity contribution in [3.05, 3.63) is 35.9 Å². The molecule has 1 aliphatic heterocycles. The summed E-state index contributed by atoms with van der Waals surface area (Å²) in [7, 11) is 5.99. The summed E-state index contributed by atoms with van der Waals surface area (Å²) in [5, 5.41) is 2.68. The lowest BCUT2D eigenvalue weighted by atomic mass is 9.66. The van der Waals surface area contributed by atoms with Crippen LogP contribution in [0.2, 0.25) is 0 Å². The molecule has 3 fully saturated rings. The first-order valence-electron chi connectivity index (χ1n) is 11.7. The van der Waals surface area contributed by atoms with Gasteiger partial charge in [-0.15, -0.1) is 0 Å². The van der Waals surface area contributed by atoms with Crippen LogP contribution >= 0.6 is 0 Å². The molecule has 2 saturated carbocycles. The zero-order chi connectivity index (χ0) is 22.3. The van der Waals surface area contributed by atoms with Crippen LogP contribution in [0.4, 0.5) is 4.79 Å². The Morgan fingerprint density at radius 3 is 2.23 bits per heavy atom. The molecular weight excluding hydrogens is 388 g/mol. The molecule has 3 aliphatic rings. The number of nitrogens with one attached hydrogen (secondary N) is 1. The first-order chi connectivity index (χ1) is 14.7. The van der Waals surface area contributed by atoms with Gasteiger partial charge in [0.05, 0.1) is 5.54 Å². The van der Waals surface area contributed by atoms with E-state index >= 15 is 0 Å². The molecule has 0 unspecified atom stereocenters. The van der Waals surface area contributed by atoms with Gasteiger partial charge in [-0.05, 0) is 63.6 Å². The summed E-state index contributed by atoms with van der Waals surface area (Å²) in [5.41, 5.74) is 1.41. The number of urea groups is 1. The van der Waals surface area contributed by atoms with Gasteiger partial charge in [-0.2, -0.15) is 0 Å². The fraction of sp³-hybridized carbons (Fsp3) is 0.680. The molecule has 6 nitrogen and oxygen atoms in total. The lowest BCUT2D eigenvalue weighted by molar-refractivity contribution is -0.121. The molecule has 1 aromatic rings. The van der Waals surface area contributed by atoms with Crippen LogP contribution in [-0.2, 0) is 10.3 Å². The van der Waals surface area contributed by atoms with E-state index in [1.165, 1.54) is 24.8 Å². The third-order valence-electron chi connectivity index (χ3n) is 8.45. The molecule has 1 heterocycles. The minimum Gasteiger partial charge on any atom is -0.358 e. The topological polar surface area (TPSA) is 55.9 Å². The van der Waals surface area contributed by atoms with E-state index in [-0.39, 0.29) is 35.0 Å². The largest absolute Gasteiger partial charge is 0.358 e. The van der Waals surface area contributed by atoms with E-state index in [4.69, 9.17) is 0 Å². The van der Waals surface area contributed by atoms with Gasteiger partial charge in [-0.1, -0.05) is 43.7 Å². The molecular formula is C25H38N4O2. The normalized spacial score (nSPS) is 30.0. The highest BCUT2D eigenvalue weighted by atomic mass is 16.2. The maximum atomic E-state index is 13.5. The number of benzene rings is 1. The number of rotatable bonds is 6. The lowest BCUT2D eigenvalue weighted by Gasteiger charge is -2.53. The number of nitrogens with zero attached hydrogens (tertiary/aromatic N) is 3. The van der Waals surface area contributed by atoms with Crippen molar-refractivity contribution < 1.29 is 9.59 Å². The van der Waals surface area contributed by atoms with Crippen molar-refractivity contribution >= 4 is 11.9 Å². The van der Waals surface area contributed by atoms with Crippen molar-refractivity contribution in [2.24, 2.45) is 5.41 Å². The van der Waals surface area contributed by atoms with E-state index in [1.807, 2.05) is 0 Å². The Bertz CT molecular complexity index is 810. The summed E-state index contributed by atoms with van der Waals surface area (Å²) in [4.78, 5) is 31.9. The average Bonchev–Trinajstić information content (AvgIpc) is 2.99. The molecule has 0 atom stereocenters. The molecule has 170 valence electrons. The van der Waals surface area contributed by atoms with Gasteiger partial charge in [0.2, 0.25) is 5.91 Å². The van der Waals surface area contributed by atoms with E-state index in [1.54, 1.807) is 11.9 Å². The third-order valence-corrected chi connectivity index (χ3v) is 8.45. The maximum Gasteiger partial charge on any atom is 0.321 e. The van der Waals surface area contributed by atoms with Crippen molar-refractivity contribution in [1.29, 1.82) is 0 Å². The molecule has 4 rings (SSSR count). The predicted molar refractivity (Wildman–Crippen MR) is 123 cm³/mol. The minimum absolute atomic E-state index is 0.00415. The molecule has 0 bridgehead atoms. The molecule has 3 amide bonds. The zero-order valence-corrected chi connectivity index (χ0v) is 19.6. The molecule has 1 saturated heterocycles. The van der Waals surface area contributed by atoms with Crippen LogP contribution in [-0.4, -0.2) is 73.0 Å². The van der Waals surface area contributed by atoms with E-state index in [0.717, 1.165) is 32.2 Å². The SMILES string of the molecule is CNC(=O)CN1C[C@]2(CC[C@](c3ccccc3)(N(C)C)CC2)N(CC2(C)CCC2)C1=O. The second-order valence-corrected chi connectivity index (χ2v) is 10.6. The number of hydrogen-bond acceptors (Lipinski definition) is 3. The van der Waals surface area contributed by atoms with Crippen LogP contribution in [0.15, 0.2) is 30.3 Å². The van der Waals surface area contributed by atoms with Crippen LogP contribution in [0, 0.1) is 5.41 Å². The Kier molecular flexibility index (Phi) is 5.80. The molecule has 1 N–H and O–H groups in total. The summed E-state index contributed by atoms with van der Waals surface area (Å²) >= 11 is 0. The van der Waals surface area contributed by atoms with Gasteiger partial charge >= 0.3 is 6.03 Å². The number of carbonyl (C=O) groups excluding carboxylic acids is 2. The van der Waals surface area contributed by atoms with Gasteiger partial charge in [0.25, 0.3) is 0 Å². The lowest BCUT2D eigenvalue weighted by Crippen LogP contribution is -2.57. The maximum absolute atomic E-state index is 13.5. The molecule has 0 radical (unpaired) electrons. The number of amides is 3. The summed E-state index contributed by atoms with van der Waals surface area (Å²) in [5.74, 6) is -0.0945. The van der Waals surface area contributed by atoms with Gasteiger partial charge in [0.1, 0.15) is 6.54 Å². The summed E-state index contributed by atoms with van der Waals surface area (Å²) < 4.78 is 0. The molecule has 2 aliphatic carbocycles. The predicted octanol–water partition coefficient (Wildman–Crippen LogP) is 3.43. The molecule has 1 aromatic carbocycles. The van der Waals surface area contributed by atoms with E-state index in [9.17, 15) is 9.59 Å². The van der Waals surface area contributed by atoms with Gasteiger partial charge in [0, 0.05) is 25.7 Å². The Morgan fingerprint density at radius 2 is 1.71 bits per heavy atom. The van der Waals surface area contributed by atoms with Crippen molar-refractivity contribution in [3.63, 3.8) is 0 Å². The number of carbonyl (C=O) groups is 2. The smallest absolute Gasteiger partial charge is 0.321 e. The van der Waals surface area contributed by atoms with Gasteiger partial charge < -0.3 is 15.1 Å². The highest BCUT2D eigenvalue weighted by Gasteiger charge is 2.56. The van der Waals surface area contributed by atoms with E-state index < -0.39 is 0 Å². The van der Waals surface area contributed by atoms with Crippen molar-refractivity contribution in [2.45, 2.75) is 62.9 Å². The molecule has 1 spiro atoms. The monoisotopic (exact) mass is 426 g/mol. The third kappa shape index (κ3) is 3.84. The quantitative estimate of drug-likeness (QED) is 0.758. The fourth-order valence-corrected chi connectivity index (χ4v) is 6.11. The Hall–Kier alpha value is -2.08. The molecule has 31 heavy (non-hydrogen) atoms. The van der Waals surface area contributed by atoms with Gasteiger partial charge in [0.15, 0.2) is 0 Å². The van der Waals surface area contributed by atoms with E-state index in [2.05, 4.69) is 66.5 Å². The summed E-state index contributed by atoms with van der Waals surface area (Å²) in [6.07, 6.45) is 7.59. The van der Waals surface area contributed by atoms with Crippen LogP contribution in [0.3, 0.4) is 0 Å². The Balaban J connectivity index is 1.60. The van der Waals surface area contributed by atoms with Gasteiger partial charge in [-0.25, -0.2) is 4.79 Å². The fourth-order valence-electron chi connectivity index (χ4n) is 6.11. The summed E-state index contributed by atoms with van der Waals surface area (Å²) in [6, 6.07) is 10.8. The van der Waals surface area contributed by atoms with Crippen molar-refractivity contribution in [2.75, 3.05) is 40.8 Å². The Labute approximate surface area is 187 Å². The number of likely N-dealkylation sites (N-methyl/N-ethyl adjacent to an activating group) is 1.